The quantitative estimate of drug-likeness (QED) is 0.387. The Labute approximate surface area is 219 Å². The molecule has 1 N–H and O–H groups in total. The number of aryl methyl sites for hydroxylation is 1. The van der Waals surface area contributed by atoms with E-state index in [0.717, 1.165) is 41.6 Å². The Morgan fingerprint density at radius 1 is 1.12 bits per heavy atom. The molecule has 0 radical (unpaired) electrons. The van der Waals surface area contributed by atoms with Crippen molar-refractivity contribution >= 4 is 28.5 Å². The third kappa shape index (κ3) is 5.48. The predicted molar refractivity (Wildman–Crippen MR) is 122 cm³/mol. The Kier molecular flexibility index (Phi) is 8.68. The molecule has 0 aliphatic rings. The average molecular weight is 472 g/mol. The number of carboxylic acids is 1. The normalized spacial score (nSPS) is 10.9. The van der Waals surface area contributed by atoms with Crippen LogP contribution >= 0.6 is 11.6 Å². The van der Waals surface area contributed by atoms with E-state index in [1.807, 2.05) is 34.9 Å². The van der Waals surface area contributed by atoms with Crippen LogP contribution in [-0.4, -0.2) is 25.6 Å². The van der Waals surface area contributed by atoms with Crippen molar-refractivity contribution in [1.82, 2.24) is 14.5 Å². The Hall–Kier alpha value is -2.22. The number of rotatable bonds is 8. The standard InChI is InChI=1S/C25H24ClN3O3.Na/c1-2-3-8-23-28-24(26)22(15-30)29(23)14-16-9-11-20-17(13-16)10-12-21(27-20)18-6-4-5-7-19(18)25(31)32;/h4-7,9-13,30H,2-3,8,14-15H2,1H3,(H,31,32);/q;+1/p-1. The van der Waals surface area contributed by atoms with Gasteiger partial charge in [-0.3, -0.25) is 0 Å². The number of aromatic carboxylic acids is 1. The van der Waals surface area contributed by atoms with Crippen molar-refractivity contribution in [2.24, 2.45) is 0 Å². The van der Waals surface area contributed by atoms with E-state index in [0.29, 0.717) is 28.6 Å². The summed E-state index contributed by atoms with van der Waals surface area (Å²) in [6, 6.07) is 16.4. The number of unbranched alkanes of at least 4 members (excludes halogenated alkanes) is 1. The Balaban J connectivity index is 0.00000306. The molecule has 164 valence electrons. The van der Waals surface area contributed by atoms with Gasteiger partial charge in [-0.25, -0.2) is 9.97 Å². The molecular formula is C25H23ClN3NaO3. The molecule has 33 heavy (non-hydrogen) atoms. The van der Waals surface area contributed by atoms with Gasteiger partial charge in [-0.2, -0.15) is 0 Å². The van der Waals surface area contributed by atoms with Crippen molar-refractivity contribution in [3.05, 3.63) is 82.4 Å². The zero-order valence-corrected chi connectivity index (χ0v) is 21.5. The molecule has 0 unspecified atom stereocenters. The summed E-state index contributed by atoms with van der Waals surface area (Å²) in [5.74, 6) is -0.358. The number of pyridine rings is 1. The van der Waals surface area contributed by atoms with Gasteiger partial charge in [-0.05, 0) is 30.2 Å². The van der Waals surface area contributed by atoms with E-state index in [2.05, 4.69) is 16.9 Å². The number of aliphatic hydroxyl groups is 1. The zero-order chi connectivity index (χ0) is 22.7. The first-order chi connectivity index (χ1) is 15.5. The number of fused-ring (bicyclic) bond motifs is 1. The van der Waals surface area contributed by atoms with E-state index in [-0.39, 0.29) is 41.7 Å². The largest absolute Gasteiger partial charge is 1.00 e. The third-order valence-electron chi connectivity index (χ3n) is 5.52. The van der Waals surface area contributed by atoms with Crippen molar-refractivity contribution in [3.63, 3.8) is 0 Å². The number of aromatic nitrogens is 3. The number of carbonyl (C=O) groups excluding carboxylic acids is 1. The molecular weight excluding hydrogens is 449 g/mol. The molecule has 4 aromatic rings. The van der Waals surface area contributed by atoms with Crippen LogP contribution in [0.3, 0.4) is 0 Å². The number of halogens is 1. The van der Waals surface area contributed by atoms with Gasteiger partial charge < -0.3 is 19.6 Å². The minimum atomic E-state index is -1.23. The maximum atomic E-state index is 11.5. The van der Waals surface area contributed by atoms with Crippen LogP contribution in [0.5, 0.6) is 0 Å². The number of hydrogen-bond acceptors (Lipinski definition) is 5. The maximum Gasteiger partial charge on any atom is 1.00 e. The van der Waals surface area contributed by atoms with Crippen LogP contribution in [0.1, 0.15) is 47.2 Å². The SMILES string of the molecule is CCCCc1nc(Cl)c(CO)n1Cc1ccc2nc(-c3ccccc3C(=O)[O-])ccc2c1.[Na+]. The molecule has 2 heterocycles. The van der Waals surface area contributed by atoms with Gasteiger partial charge in [0.25, 0.3) is 0 Å². The first kappa shape index (κ1) is 25.4. The van der Waals surface area contributed by atoms with Crippen LogP contribution < -0.4 is 34.7 Å². The molecule has 2 aromatic heterocycles. The zero-order valence-electron chi connectivity index (χ0n) is 18.7. The molecule has 0 aliphatic carbocycles. The summed E-state index contributed by atoms with van der Waals surface area (Å²) < 4.78 is 1.98. The monoisotopic (exact) mass is 471 g/mol. The van der Waals surface area contributed by atoms with E-state index < -0.39 is 5.97 Å². The van der Waals surface area contributed by atoms with Gasteiger partial charge in [-0.15, -0.1) is 0 Å². The Bertz CT molecular complexity index is 1290. The number of hydrogen-bond donors (Lipinski definition) is 1. The second-order valence-corrected chi connectivity index (χ2v) is 8.03. The molecule has 0 aliphatic heterocycles. The second-order valence-electron chi connectivity index (χ2n) is 7.67. The number of benzene rings is 2. The summed E-state index contributed by atoms with van der Waals surface area (Å²) in [5, 5.41) is 22.5. The van der Waals surface area contributed by atoms with Crippen LogP contribution in [0.2, 0.25) is 5.15 Å². The topological polar surface area (TPSA) is 91.1 Å². The van der Waals surface area contributed by atoms with Crippen LogP contribution in [0.25, 0.3) is 22.2 Å². The van der Waals surface area contributed by atoms with Crippen molar-refractivity contribution in [2.75, 3.05) is 0 Å². The van der Waals surface area contributed by atoms with E-state index >= 15 is 0 Å². The summed E-state index contributed by atoms with van der Waals surface area (Å²) >= 11 is 6.25. The number of carboxylic acid groups (broad SMARTS) is 1. The van der Waals surface area contributed by atoms with E-state index in [1.165, 1.54) is 6.07 Å². The number of aliphatic hydroxyl groups excluding tert-OH is 1. The first-order valence-electron chi connectivity index (χ1n) is 10.6. The first-order valence-corrected chi connectivity index (χ1v) is 10.9. The van der Waals surface area contributed by atoms with Gasteiger partial charge in [-0.1, -0.05) is 61.3 Å². The van der Waals surface area contributed by atoms with Crippen LogP contribution in [0, 0.1) is 0 Å². The molecule has 0 saturated heterocycles. The van der Waals surface area contributed by atoms with E-state index in [4.69, 9.17) is 11.6 Å². The van der Waals surface area contributed by atoms with Crippen molar-refractivity contribution in [3.8, 4) is 11.3 Å². The second kappa shape index (κ2) is 11.3. The summed E-state index contributed by atoms with van der Waals surface area (Å²) in [6.45, 7) is 2.49. The van der Waals surface area contributed by atoms with Gasteiger partial charge >= 0.3 is 29.6 Å². The van der Waals surface area contributed by atoms with Crippen LogP contribution in [0.15, 0.2) is 54.6 Å². The molecule has 0 atom stereocenters. The molecule has 0 bridgehead atoms. The summed E-state index contributed by atoms with van der Waals surface area (Å²) in [7, 11) is 0. The van der Waals surface area contributed by atoms with Gasteiger partial charge in [0.15, 0.2) is 5.15 Å². The van der Waals surface area contributed by atoms with Gasteiger partial charge in [0, 0.05) is 29.5 Å². The van der Waals surface area contributed by atoms with Gasteiger partial charge in [0.1, 0.15) is 5.82 Å². The minimum absolute atomic E-state index is 0. The fourth-order valence-electron chi connectivity index (χ4n) is 3.86. The van der Waals surface area contributed by atoms with Crippen LogP contribution in [-0.2, 0) is 19.6 Å². The fraction of sp³-hybridized carbons (Fsp3) is 0.240. The molecule has 0 spiro atoms. The molecule has 8 heteroatoms. The molecule has 0 amide bonds. The smallest absolute Gasteiger partial charge is 0.545 e. The molecule has 2 aromatic carbocycles. The summed E-state index contributed by atoms with van der Waals surface area (Å²) in [4.78, 5) is 20.6. The van der Waals surface area contributed by atoms with Gasteiger partial charge in [0.05, 0.1) is 29.5 Å². The van der Waals surface area contributed by atoms with E-state index in [9.17, 15) is 15.0 Å². The van der Waals surface area contributed by atoms with Crippen LogP contribution in [0.4, 0.5) is 0 Å². The maximum absolute atomic E-state index is 11.5. The minimum Gasteiger partial charge on any atom is -0.545 e. The Morgan fingerprint density at radius 2 is 1.91 bits per heavy atom. The molecule has 4 rings (SSSR count). The Morgan fingerprint density at radius 3 is 2.64 bits per heavy atom. The number of imidazole rings is 1. The van der Waals surface area contributed by atoms with E-state index in [1.54, 1.807) is 18.2 Å². The number of carbonyl (C=O) groups is 1. The van der Waals surface area contributed by atoms with Crippen molar-refractivity contribution < 1.29 is 44.6 Å². The average Bonchev–Trinajstić information content (AvgIpc) is 3.10. The summed E-state index contributed by atoms with van der Waals surface area (Å²) in [5.41, 5.74) is 3.63. The number of nitrogens with zero attached hydrogens (tertiary/aromatic N) is 3. The van der Waals surface area contributed by atoms with Gasteiger partial charge in [0.2, 0.25) is 0 Å². The predicted octanol–water partition coefficient (Wildman–Crippen LogP) is 1.00. The summed E-state index contributed by atoms with van der Waals surface area (Å²) in [6.07, 6.45) is 2.84. The molecule has 6 nitrogen and oxygen atoms in total. The molecule has 0 fully saturated rings. The van der Waals surface area contributed by atoms with Crippen molar-refractivity contribution in [2.45, 2.75) is 39.3 Å². The molecule has 0 saturated carbocycles. The van der Waals surface area contributed by atoms with Crippen molar-refractivity contribution in [1.29, 1.82) is 0 Å². The third-order valence-corrected chi connectivity index (χ3v) is 5.83. The fourth-order valence-corrected chi connectivity index (χ4v) is 4.12.